The highest BCUT2D eigenvalue weighted by Gasteiger charge is 2.15. The van der Waals surface area contributed by atoms with Crippen LogP contribution >= 0.6 is 11.6 Å². The molecule has 4 rings (SSSR count). The summed E-state index contributed by atoms with van der Waals surface area (Å²) in [5.41, 5.74) is 3.44. The number of ketones is 1. The smallest absolute Gasteiger partial charge is 0.270 e. The van der Waals surface area contributed by atoms with Crippen LogP contribution in [0.25, 0.3) is 10.9 Å². The second-order valence-corrected chi connectivity index (χ2v) is 7.52. The Balaban J connectivity index is 1.46. The Morgan fingerprint density at radius 3 is 2.66 bits per heavy atom. The quantitative estimate of drug-likeness (QED) is 0.372. The van der Waals surface area contributed by atoms with E-state index in [2.05, 4.69) is 27.1 Å². The molecule has 2 aromatic heterocycles. The number of nitrogens with one attached hydrogen (secondary N) is 1. The number of nitrogens with zero attached hydrogens (tertiary/aromatic N) is 2. The van der Waals surface area contributed by atoms with Crippen LogP contribution < -0.4 is 5.32 Å². The minimum absolute atomic E-state index is 0.177. The van der Waals surface area contributed by atoms with Crippen LogP contribution in [0, 0.1) is 18.8 Å². The summed E-state index contributed by atoms with van der Waals surface area (Å²) in [5, 5.41) is 3.97. The number of halogens is 1. The molecule has 2 heterocycles. The molecular formula is C26H18ClN3O2. The van der Waals surface area contributed by atoms with Crippen molar-refractivity contribution in [3.8, 4) is 11.8 Å². The van der Waals surface area contributed by atoms with E-state index in [4.69, 9.17) is 11.6 Å². The molecule has 0 spiro atoms. The van der Waals surface area contributed by atoms with Gasteiger partial charge < -0.3 is 5.32 Å². The van der Waals surface area contributed by atoms with Crippen molar-refractivity contribution in [3.05, 3.63) is 106 Å². The van der Waals surface area contributed by atoms with Gasteiger partial charge in [0.15, 0.2) is 5.78 Å². The number of rotatable bonds is 4. The maximum Gasteiger partial charge on any atom is 0.270 e. The van der Waals surface area contributed by atoms with E-state index in [9.17, 15) is 9.59 Å². The Morgan fingerprint density at radius 1 is 1.00 bits per heavy atom. The van der Waals surface area contributed by atoms with Crippen molar-refractivity contribution in [3.63, 3.8) is 0 Å². The van der Waals surface area contributed by atoms with Crippen LogP contribution in [-0.2, 0) is 0 Å². The largest absolute Gasteiger partial charge is 0.343 e. The van der Waals surface area contributed by atoms with E-state index >= 15 is 0 Å². The molecular weight excluding hydrogens is 422 g/mol. The standard InChI is InChI=1S/C26H18ClN3O2/c1-17-6-4-9-21(27)25(17)24(31)16-29-26(32)23-11-5-8-20(30-23)13-12-18-14-19-7-2-3-10-22(19)28-15-18/h2-11,14-15H,16H2,1H3,(H,29,32). The Bertz CT molecular complexity index is 1380. The third-order valence-corrected chi connectivity index (χ3v) is 5.13. The molecule has 0 bridgehead atoms. The zero-order valence-electron chi connectivity index (χ0n) is 17.2. The van der Waals surface area contributed by atoms with Crippen LogP contribution in [-0.4, -0.2) is 28.2 Å². The second-order valence-electron chi connectivity index (χ2n) is 7.11. The number of aryl methyl sites for hydroxylation is 1. The maximum absolute atomic E-state index is 12.5. The number of para-hydroxylation sites is 1. The zero-order valence-corrected chi connectivity index (χ0v) is 18.0. The number of carbonyl (C=O) groups is 2. The van der Waals surface area contributed by atoms with Gasteiger partial charge in [-0.15, -0.1) is 0 Å². The molecule has 0 saturated heterocycles. The lowest BCUT2D eigenvalue weighted by Gasteiger charge is -2.08. The summed E-state index contributed by atoms with van der Waals surface area (Å²) in [7, 11) is 0. The zero-order chi connectivity index (χ0) is 22.5. The van der Waals surface area contributed by atoms with Crippen LogP contribution in [0.5, 0.6) is 0 Å². The predicted molar refractivity (Wildman–Crippen MR) is 125 cm³/mol. The Morgan fingerprint density at radius 2 is 1.81 bits per heavy atom. The third-order valence-electron chi connectivity index (χ3n) is 4.82. The topological polar surface area (TPSA) is 72.0 Å². The minimum Gasteiger partial charge on any atom is -0.343 e. The second kappa shape index (κ2) is 9.42. The fourth-order valence-electron chi connectivity index (χ4n) is 3.23. The molecule has 6 heteroatoms. The van der Waals surface area contributed by atoms with Crippen molar-refractivity contribution in [1.82, 2.24) is 15.3 Å². The molecule has 0 aliphatic carbocycles. The van der Waals surface area contributed by atoms with Crippen LogP contribution in [0.1, 0.15) is 37.7 Å². The maximum atomic E-state index is 12.5. The molecule has 0 aliphatic heterocycles. The summed E-state index contributed by atoms with van der Waals surface area (Å²) >= 11 is 6.13. The van der Waals surface area contributed by atoms with Crippen molar-refractivity contribution < 1.29 is 9.59 Å². The van der Waals surface area contributed by atoms with E-state index in [1.807, 2.05) is 30.3 Å². The number of hydrogen-bond donors (Lipinski definition) is 1. The van der Waals surface area contributed by atoms with E-state index in [1.54, 1.807) is 49.5 Å². The molecule has 1 amide bonds. The molecule has 0 saturated carbocycles. The number of carbonyl (C=O) groups excluding carboxylic acids is 2. The van der Waals surface area contributed by atoms with Gasteiger partial charge in [0.1, 0.15) is 11.4 Å². The molecule has 0 fully saturated rings. The average Bonchev–Trinajstić information content (AvgIpc) is 2.81. The lowest BCUT2D eigenvalue weighted by atomic mass is 10.0. The first kappa shape index (κ1) is 21.2. The molecule has 1 N–H and O–H groups in total. The fraction of sp³-hybridized carbons (Fsp3) is 0.0769. The Labute approximate surface area is 190 Å². The van der Waals surface area contributed by atoms with E-state index in [0.29, 0.717) is 16.3 Å². The van der Waals surface area contributed by atoms with Gasteiger partial charge in [-0.05, 0) is 48.7 Å². The van der Waals surface area contributed by atoms with Gasteiger partial charge in [0.05, 0.1) is 17.1 Å². The summed E-state index contributed by atoms with van der Waals surface area (Å²) in [4.78, 5) is 33.7. The van der Waals surface area contributed by atoms with Crippen molar-refractivity contribution in [2.75, 3.05) is 6.54 Å². The van der Waals surface area contributed by atoms with Crippen LogP contribution in [0.3, 0.4) is 0 Å². The van der Waals surface area contributed by atoms with E-state index < -0.39 is 5.91 Å². The molecule has 2 aromatic carbocycles. The normalized spacial score (nSPS) is 10.3. The van der Waals surface area contributed by atoms with Crippen LogP contribution in [0.4, 0.5) is 0 Å². The van der Waals surface area contributed by atoms with Gasteiger partial charge in [-0.2, -0.15) is 0 Å². The Hall–Kier alpha value is -4.01. The van der Waals surface area contributed by atoms with Gasteiger partial charge >= 0.3 is 0 Å². The molecule has 0 atom stereocenters. The number of Topliss-reactive ketones (excluding diaryl/α,β-unsaturated/α-hetero) is 1. The molecule has 4 aromatic rings. The Kier molecular flexibility index (Phi) is 6.25. The fourth-order valence-corrected chi connectivity index (χ4v) is 3.56. The summed E-state index contributed by atoms with van der Waals surface area (Å²) in [6.45, 7) is 1.62. The SMILES string of the molecule is Cc1cccc(Cl)c1C(=O)CNC(=O)c1cccc(C#Cc2cnc3ccccc3c2)n1. The summed E-state index contributed by atoms with van der Waals surface area (Å²) in [5.74, 6) is 5.27. The number of fused-ring (bicyclic) bond motifs is 1. The number of hydrogen-bond acceptors (Lipinski definition) is 4. The van der Waals surface area contributed by atoms with Crippen molar-refractivity contribution in [1.29, 1.82) is 0 Å². The highest BCUT2D eigenvalue weighted by atomic mass is 35.5. The van der Waals surface area contributed by atoms with Gasteiger partial charge in [0.25, 0.3) is 5.91 Å². The number of aromatic nitrogens is 2. The first-order valence-electron chi connectivity index (χ1n) is 9.91. The molecule has 0 unspecified atom stereocenters. The van der Waals surface area contributed by atoms with Crippen LogP contribution in [0.15, 0.2) is 72.9 Å². The van der Waals surface area contributed by atoms with E-state index in [-0.39, 0.29) is 18.0 Å². The number of benzene rings is 2. The average molecular weight is 440 g/mol. The third kappa shape index (κ3) is 4.83. The molecule has 0 aliphatic rings. The summed E-state index contributed by atoms with van der Waals surface area (Å²) < 4.78 is 0. The number of pyridine rings is 2. The number of amides is 1. The molecule has 32 heavy (non-hydrogen) atoms. The summed E-state index contributed by atoms with van der Waals surface area (Å²) in [6.07, 6.45) is 1.70. The van der Waals surface area contributed by atoms with Crippen molar-refractivity contribution in [2.45, 2.75) is 6.92 Å². The van der Waals surface area contributed by atoms with Gasteiger partial charge in [-0.25, -0.2) is 4.98 Å². The van der Waals surface area contributed by atoms with E-state index in [0.717, 1.165) is 22.0 Å². The van der Waals surface area contributed by atoms with Gasteiger partial charge in [0.2, 0.25) is 0 Å². The van der Waals surface area contributed by atoms with Crippen molar-refractivity contribution in [2.24, 2.45) is 0 Å². The highest BCUT2D eigenvalue weighted by Crippen LogP contribution is 2.19. The first-order chi connectivity index (χ1) is 15.5. The van der Waals surface area contributed by atoms with Gasteiger partial charge in [-0.1, -0.05) is 53.9 Å². The predicted octanol–water partition coefficient (Wildman–Crippen LogP) is 4.60. The first-order valence-corrected chi connectivity index (χ1v) is 10.3. The van der Waals surface area contributed by atoms with Gasteiger partial charge in [0, 0.05) is 22.7 Å². The lowest BCUT2D eigenvalue weighted by molar-refractivity contribution is 0.0900. The molecule has 156 valence electrons. The monoisotopic (exact) mass is 439 g/mol. The van der Waals surface area contributed by atoms with Crippen molar-refractivity contribution >= 4 is 34.2 Å². The molecule has 5 nitrogen and oxygen atoms in total. The van der Waals surface area contributed by atoms with Crippen LogP contribution in [0.2, 0.25) is 5.02 Å². The molecule has 0 radical (unpaired) electrons. The summed E-state index contributed by atoms with van der Waals surface area (Å²) in [6, 6.07) is 20.0. The van der Waals surface area contributed by atoms with Gasteiger partial charge in [-0.3, -0.25) is 14.6 Å². The van der Waals surface area contributed by atoms with E-state index in [1.165, 1.54) is 0 Å². The lowest BCUT2D eigenvalue weighted by Crippen LogP contribution is -2.30. The minimum atomic E-state index is -0.459. The highest BCUT2D eigenvalue weighted by molar-refractivity contribution is 6.34.